The predicted molar refractivity (Wildman–Crippen MR) is 107 cm³/mol. The van der Waals surface area contributed by atoms with Crippen LogP contribution in [-0.4, -0.2) is 63.3 Å². The molecule has 6 heteroatoms. The topological polar surface area (TPSA) is 53.8 Å². The lowest BCUT2D eigenvalue weighted by atomic mass is 10.1. The Balaban J connectivity index is 1.60. The molecule has 2 heterocycles. The molecule has 1 N–H and O–H groups in total. The summed E-state index contributed by atoms with van der Waals surface area (Å²) >= 11 is 0. The Labute approximate surface area is 162 Å². The van der Waals surface area contributed by atoms with Crippen LogP contribution in [0, 0.1) is 0 Å². The number of aliphatic hydroxyl groups is 1. The van der Waals surface area contributed by atoms with Gasteiger partial charge in [0.1, 0.15) is 11.6 Å². The van der Waals surface area contributed by atoms with Crippen molar-refractivity contribution in [1.29, 1.82) is 0 Å². The zero-order valence-corrected chi connectivity index (χ0v) is 16.5. The Morgan fingerprint density at radius 1 is 1.15 bits per heavy atom. The average molecular weight is 373 g/mol. The third-order valence-electron chi connectivity index (χ3n) is 5.28. The summed E-state index contributed by atoms with van der Waals surface area (Å²) in [6, 6.07) is 8.73. The van der Waals surface area contributed by atoms with E-state index in [0.717, 1.165) is 57.3 Å². The summed E-state index contributed by atoms with van der Waals surface area (Å²) in [5.41, 5.74) is 1.29. The van der Waals surface area contributed by atoms with E-state index in [9.17, 15) is 5.11 Å². The molecule has 2 aromatic rings. The van der Waals surface area contributed by atoms with E-state index in [1.165, 1.54) is 5.56 Å². The van der Waals surface area contributed by atoms with Gasteiger partial charge in [0.25, 0.3) is 0 Å². The molecule has 0 spiro atoms. The Bertz CT molecular complexity index is 686. The van der Waals surface area contributed by atoms with Crippen LogP contribution in [0.2, 0.25) is 0 Å². The van der Waals surface area contributed by atoms with Gasteiger partial charge < -0.3 is 14.4 Å². The summed E-state index contributed by atoms with van der Waals surface area (Å²) in [4.78, 5) is 9.47. The van der Waals surface area contributed by atoms with Gasteiger partial charge in [-0.2, -0.15) is 0 Å². The third-order valence-corrected chi connectivity index (χ3v) is 5.28. The molecule has 148 valence electrons. The fourth-order valence-corrected chi connectivity index (χ4v) is 3.80. The number of hydrogen-bond acceptors (Lipinski definition) is 5. The van der Waals surface area contributed by atoms with Crippen molar-refractivity contribution in [2.75, 3.05) is 32.8 Å². The molecule has 1 aromatic heterocycles. The molecule has 1 unspecified atom stereocenters. The fourth-order valence-electron chi connectivity index (χ4n) is 3.80. The molecule has 3 rings (SSSR count). The number of piperazine rings is 1. The van der Waals surface area contributed by atoms with E-state index in [-0.39, 0.29) is 6.61 Å². The van der Waals surface area contributed by atoms with Gasteiger partial charge in [0.05, 0.1) is 13.2 Å². The second-order valence-electron chi connectivity index (χ2n) is 7.08. The normalized spacial score (nSPS) is 18.7. The van der Waals surface area contributed by atoms with Crippen LogP contribution in [0.4, 0.5) is 0 Å². The van der Waals surface area contributed by atoms with Gasteiger partial charge in [-0.1, -0.05) is 12.1 Å². The van der Waals surface area contributed by atoms with Crippen LogP contribution in [0.5, 0.6) is 5.75 Å². The molecule has 0 amide bonds. The van der Waals surface area contributed by atoms with Crippen LogP contribution < -0.4 is 4.74 Å². The summed E-state index contributed by atoms with van der Waals surface area (Å²) in [6.45, 7) is 10.8. The first-order chi connectivity index (χ1) is 13.2. The Hall–Kier alpha value is -1.89. The molecule has 6 nitrogen and oxygen atoms in total. The van der Waals surface area contributed by atoms with Gasteiger partial charge >= 0.3 is 0 Å². The minimum atomic E-state index is 0.224. The summed E-state index contributed by atoms with van der Waals surface area (Å²) in [5, 5.41) is 9.54. The number of rotatable bonds is 9. The van der Waals surface area contributed by atoms with E-state index in [0.29, 0.717) is 12.6 Å². The third kappa shape index (κ3) is 5.31. The highest BCUT2D eigenvalue weighted by molar-refractivity contribution is 5.27. The van der Waals surface area contributed by atoms with Crippen LogP contribution in [0.25, 0.3) is 0 Å². The largest absolute Gasteiger partial charge is 0.494 e. The lowest BCUT2D eigenvalue weighted by Crippen LogP contribution is -2.52. The number of imidazole rings is 1. The molecule has 1 fully saturated rings. The summed E-state index contributed by atoms with van der Waals surface area (Å²) in [7, 11) is 0. The molecule has 1 saturated heterocycles. The van der Waals surface area contributed by atoms with E-state index in [4.69, 9.17) is 4.74 Å². The Kier molecular flexibility index (Phi) is 7.26. The lowest BCUT2D eigenvalue weighted by Gasteiger charge is -2.41. The minimum absolute atomic E-state index is 0.224. The molecular formula is C21H32N4O2. The molecule has 0 aliphatic carbocycles. The maximum Gasteiger partial charge on any atom is 0.122 e. The van der Waals surface area contributed by atoms with Crippen molar-refractivity contribution in [3.05, 3.63) is 48.0 Å². The van der Waals surface area contributed by atoms with Gasteiger partial charge in [0, 0.05) is 57.8 Å². The quantitative estimate of drug-likeness (QED) is 0.732. The molecule has 0 bridgehead atoms. The predicted octanol–water partition coefficient (Wildman–Crippen LogP) is 2.37. The minimum Gasteiger partial charge on any atom is -0.494 e. The number of aryl methyl sites for hydroxylation is 1. The smallest absolute Gasteiger partial charge is 0.122 e. The number of nitrogens with zero attached hydrogens (tertiary/aromatic N) is 4. The van der Waals surface area contributed by atoms with E-state index in [1.54, 1.807) is 0 Å². The zero-order valence-electron chi connectivity index (χ0n) is 16.5. The van der Waals surface area contributed by atoms with Crippen molar-refractivity contribution in [1.82, 2.24) is 19.4 Å². The van der Waals surface area contributed by atoms with Crippen LogP contribution >= 0.6 is 0 Å². The highest BCUT2D eigenvalue weighted by Gasteiger charge is 2.27. The van der Waals surface area contributed by atoms with Crippen molar-refractivity contribution in [3.63, 3.8) is 0 Å². The van der Waals surface area contributed by atoms with Gasteiger partial charge in [-0.3, -0.25) is 9.80 Å². The van der Waals surface area contributed by atoms with Gasteiger partial charge in [-0.15, -0.1) is 0 Å². The van der Waals surface area contributed by atoms with Crippen molar-refractivity contribution in [2.24, 2.45) is 0 Å². The first-order valence-electron chi connectivity index (χ1n) is 10.0. The first-order valence-corrected chi connectivity index (χ1v) is 10.0. The van der Waals surface area contributed by atoms with E-state index in [1.807, 2.05) is 31.5 Å². The standard InChI is InChI=1S/C21H32N4O2/c1-3-24-11-10-22-21(24)17-23-12-13-25(19(16-23)9-14-26)15-18-5-7-20(8-6-18)27-4-2/h5-8,10-11,19,26H,3-4,9,12-17H2,1-2H3. The zero-order chi connectivity index (χ0) is 19.1. The summed E-state index contributed by atoms with van der Waals surface area (Å²) in [6.07, 6.45) is 4.73. The highest BCUT2D eigenvalue weighted by Crippen LogP contribution is 2.20. The fraction of sp³-hybridized carbons (Fsp3) is 0.571. The maximum absolute atomic E-state index is 9.54. The van der Waals surface area contributed by atoms with E-state index < -0.39 is 0 Å². The number of benzene rings is 1. The van der Waals surface area contributed by atoms with Crippen molar-refractivity contribution < 1.29 is 9.84 Å². The van der Waals surface area contributed by atoms with Gasteiger partial charge in [-0.25, -0.2) is 4.98 Å². The number of aliphatic hydroxyl groups excluding tert-OH is 1. The first kappa shape index (κ1) is 19.9. The number of hydrogen-bond donors (Lipinski definition) is 1. The Morgan fingerprint density at radius 3 is 2.67 bits per heavy atom. The molecule has 1 aliphatic rings. The van der Waals surface area contributed by atoms with Gasteiger partial charge in [0.15, 0.2) is 0 Å². The monoisotopic (exact) mass is 372 g/mol. The number of ether oxygens (including phenoxy) is 1. The molecular weight excluding hydrogens is 340 g/mol. The summed E-state index contributed by atoms with van der Waals surface area (Å²) < 4.78 is 7.73. The van der Waals surface area contributed by atoms with Crippen LogP contribution in [0.1, 0.15) is 31.7 Å². The van der Waals surface area contributed by atoms with Crippen LogP contribution in [-0.2, 0) is 19.6 Å². The Morgan fingerprint density at radius 2 is 1.96 bits per heavy atom. The van der Waals surface area contributed by atoms with Gasteiger partial charge in [0.2, 0.25) is 0 Å². The van der Waals surface area contributed by atoms with Crippen molar-refractivity contribution in [3.8, 4) is 5.75 Å². The molecule has 1 aromatic carbocycles. The van der Waals surface area contributed by atoms with Crippen LogP contribution in [0.15, 0.2) is 36.7 Å². The molecule has 0 radical (unpaired) electrons. The van der Waals surface area contributed by atoms with Crippen LogP contribution in [0.3, 0.4) is 0 Å². The molecule has 1 aliphatic heterocycles. The van der Waals surface area contributed by atoms with Crippen molar-refractivity contribution in [2.45, 2.75) is 45.9 Å². The van der Waals surface area contributed by atoms with Gasteiger partial charge in [-0.05, 0) is 38.0 Å². The number of aromatic nitrogens is 2. The lowest BCUT2D eigenvalue weighted by molar-refractivity contribution is 0.0482. The SMILES string of the molecule is CCOc1ccc(CN2CCN(Cc3nccn3CC)CC2CCO)cc1. The maximum atomic E-state index is 9.54. The second kappa shape index (κ2) is 9.88. The van der Waals surface area contributed by atoms with E-state index >= 15 is 0 Å². The molecule has 27 heavy (non-hydrogen) atoms. The molecule has 0 saturated carbocycles. The average Bonchev–Trinajstić information content (AvgIpc) is 3.13. The highest BCUT2D eigenvalue weighted by atomic mass is 16.5. The summed E-state index contributed by atoms with van der Waals surface area (Å²) in [5.74, 6) is 2.05. The molecule has 1 atom stereocenters. The van der Waals surface area contributed by atoms with E-state index in [2.05, 4.69) is 38.4 Å². The second-order valence-corrected chi connectivity index (χ2v) is 7.08. The van der Waals surface area contributed by atoms with Crippen molar-refractivity contribution >= 4 is 0 Å².